The summed E-state index contributed by atoms with van der Waals surface area (Å²) in [7, 11) is 0. The Morgan fingerprint density at radius 3 is 2.60 bits per heavy atom. The van der Waals surface area contributed by atoms with E-state index in [-0.39, 0.29) is 5.69 Å². The highest BCUT2D eigenvalue weighted by Gasteiger charge is 2.14. The van der Waals surface area contributed by atoms with E-state index in [2.05, 4.69) is 46.8 Å². The maximum Gasteiger partial charge on any atom is 0.293 e. The Balaban J connectivity index is 1.92. The fourth-order valence-electron chi connectivity index (χ4n) is 3.17. The zero-order valence-electron chi connectivity index (χ0n) is 13.7. The number of aromatic nitrogens is 2. The van der Waals surface area contributed by atoms with Crippen molar-refractivity contribution in [1.82, 2.24) is 15.0 Å². The molecular formula is C20H17N3O2. The van der Waals surface area contributed by atoms with Crippen LogP contribution in [0, 0.1) is 6.92 Å². The molecule has 124 valence electrons. The van der Waals surface area contributed by atoms with E-state index in [4.69, 9.17) is 5.21 Å². The molecule has 25 heavy (non-hydrogen) atoms. The Labute approximate surface area is 144 Å². The third-order valence-corrected chi connectivity index (χ3v) is 4.45. The van der Waals surface area contributed by atoms with Gasteiger partial charge in [-0.25, -0.2) is 10.5 Å². The summed E-state index contributed by atoms with van der Waals surface area (Å²) in [6.45, 7) is 2.79. The molecule has 0 spiro atoms. The summed E-state index contributed by atoms with van der Waals surface area (Å²) < 4.78 is 2.20. The number of nitrogens with zero attached hydrogens (tertiary/aromatic N) is 2. The van der Waals surface area contributed by atoms with Crippen LogP contribution in [0.2, 0.25) is 0 Å². The van der Waals surface area contributed by atoms with Gasteiger partial charge in [-0.15, -0.1) is 0 Å². The Morgan fingerprint density at radius 2 is 1.84 bits per heavy atom. The van der Waals surface area contributed by atoms with Crippen LogP contribution < -0.4 is 5.48 Å². The summed E-state index contributed by atoms with van der Waals surface area (Å²) >= 11 is 0. The number of amides is 1. The van der Waals surface area contributed by atoms with E-state index in [0.717, 1.165) is 28.4 Å². The molecule has 2 N–H and O–H groups in total. The van der Waals surface area contributed by atoms with Gasteiger partial charge in [-0.3, -0.25) is 10.0 Å². The topological polar surface area (TPSA) is 67.2 Å². The van der Waals surface area contributed by atoms with Crippen LogP contribution in [-0.4, -0.2) is 20.7 Å². The Bertz CT molecular complexity index is 1080. The number of pyridine rings is 1. The Morgan fingerprint density at radius 1 is 1.08 bits per heavy atom. The second-order valence-electron chi connectivity index (χ2n) is 6.12. The number of benzene rings is 2. The molecule has 0 saturated heterocycles. The van der Waals surface area contributed by atoms with Crippen LogP contribution in [0.15, 0.2) is 60.8 Å². The van der Waals surface area contributed by atoms with Crippen molar-refractivity contribution in [3.63, 3.8) is 0 Å². The van der Waals surface area contributed by atoms with Gasteiger partial charge >= 0.3 is 0 Å². The summed E-state index contributed by atoms with van der Waals surface area (Å²) in [5, 5.41) is 10.8. The average Bonchev–Trinajstić information content (AvgIpc) is 2.96. The maximum absolute atomic E-state index is 11.7. The molecule has 0 saturated carbocycles. The lowest BCUT2D eigenvalue weighted by atomic mass is 10.1. The van der Waals surface area contributed by atoms with Gasteiger partial charge in [0.05, 0.1) is 11.7 Å². The number of carbonyl (C=O) groups is 1. The lowest BCUT2D eigenvalue weighted by molar-refractivity contribution is 0.0701. The molecule has 0 radical (unpaired) electrons. The number of carbonyl (C=O) groups excluding carboxylic acids is 1. The molecule has 4 aromatic rings. The lowest BCUT2D eigenvalue weighted by Gasteiger charge is -2.08. The second kappa shape index (κ2) is 6.03. The van der Waals surface area contributed by atoms with Crippen LogP contribution >= 0.6 is 0 Å². The van der Waals surface area contributed by atoms with Crippen molar-refractivity contribution in [2.45, 2.75) is 13.5 Å². The first-order chi connectivity index (χ1) is 12.2. The molecule has 5 heteroatoms. The summed E-state index contributed by atoms with van der Waals surface area (Å²) in [5.74, 6) is -0.614. The number of hydroxylamine groups is 1. The normalized spacial score (nSPS) is 11.1. The molecule has 0 aliphatic rings. The maximum atomic E-state index is 11.7. The lowest BCUT2D eigenvalue weighted by Crippen LogP contribution is -2.19. The first-order valence-electron chi connectivity index (χ1n) is 8.04. The van der Waals surface area contributed by atoms with Crippen LogP contribution in [0.25, 0.3) is 21.8 Å². The van der Waals surface area contributed by atoms with E-state index in [1.807, 2.05) is 18.2 Å². The number of aryl methyl sites for hydroxylation is 1. The monoisotopic (exact) mass is 331 g/mol. The summed E-state index contributed by atoms with van der Waals surface area (Å²) in [6, 6.07) is 18.2. The number of hydrogen-bond donors (Lipinski definition) is 2. The van der Waals surface area contributed by atoms with Gasteiger partial charge in [-0.05, 0) is 24.6 Å². The van der Waals surface area contributed by atoms with Crippen molar-refractivity contribution < 1.29 is 10.0 Å². The first-order valence-corrected chi connectivity index (χ1v) is 8.04. The molecule has 0 unspecified atom stereocenters. The number of rotatable bonds is 3. The van der Waals surface area contributed by atoms with Gasteiger partial charge in [-0.1, -0.05) is 48.0 Å². The van der Waals surface area contributed by atoms with Crippen molar-refractivity contribution >= 4 is 27.7 Å². The van der Waals surface area contributed by atoms with Crippen LogP contribution in [0.3, 0.4) is 0 Å². The number of para-hydroxylation sites is 1. The van der Waals surface area contributed by atoms with Crippen LogP contribution in [0.1, 0.15) is 21.6 Å². The van der Waals surface area contributed by atoms with Gasteiger partial charge in [0.2, 0.25) is 0 Å². The third kappa shape index (κ3) is 2.64. The van der Waals surface area contributed by atoms with Crippen molar-refractivity contribution in [1.29, 1.82) is 0 Å². The molecule has 0 aliphatic heterocycles. The molecule has 2 heterocycles. The zero-order valence-corrected chi connectivity index (χ0v) is 13.7. The van der Waals surface area contributed by atoms with Crippen molar-refractivity contribution in [3.8, 4) is 0 Å². The van der Waals surface area contributed by atoms with E-state index in [1.54, 1.807) is 17.7 Å². The van der Waals surface area contributed by atoms with Gasteiger partial charge in [0.1, 0.15) is 5.69 Å². The molecule has 0 fully saturated rings. The predicted octanol–water partition coefficient (Wildman–Crippen LogP) is 3.67. The molecule has 1 amide bonds. The standard InChI is InChI=1S/C20H17N3O2/c1-13-6-8-14(9-7-13)12-23-18-5-3-2-4-15(18)16-10-17(20(24)22-25)21-11-19(16)23/h2-11,25H,12H2,1H3,(H,22,24). The van der Waals surface area contributed by atoms with E-state index < -0.39 is 5.91 Å². The van der Waals surface area contributed by atoms with Gasteiger partial charge in [-0.2, -0.15) is 0 Å². The van der Waals surface area contributed by atoms with Gasteiger partial charge in [0.15, 0.2) is 0 Å². The van der Waals surface area contributed by atoms with Crippen LogP contribution in [-0.2, 0) is 6.54 Å². The van der Waals surface area contributed by atoms with Crippen LogP contribution in [0.4, 0.5) is 0 Å². The molecule has 4 rings (SSSR count). The van der Waals surface area contributed by atoms with E-state index in [9.17, 15) is 4.79 Å². The first kappa shape index (κ1) is 15.4. The smallest absolute Gasteiger partial charge is 0.293 e. The highest BCUT2D eigenvalue weighted by atomic mass is 16.5. The third-order valence-electron chi connectivity index (χ3n) is 4.45. The highest BCUT2D eigenvalue weighted by molar-refractivity contribution is 6.09. The van der Waals surface area contributed by atoms with Gasteiger partial charge in [0, 0.05) is 22.8 Å². The van der Waals surface area contributed by atoms with Crippen molar-refractivity contribution in [3.05, 3.63) is 77.6 Å². The van der Waals surface area contributed by atoms with Crippen molar-refractivity contribution in [2.75, 3.05) is 0 Å². The van der Waals surface area contributed by atoms with Gasteiger partial charge in [0.25, 0.3) is 5.91 Å². The number of nitrogens with one attached hydrogen (secondary N) is 1. The zero-order chi connectivity index (χ0) is 17.4. The SMILES string of the molecule is Cc1ccc(Cn2c3ccccc3c3cc(C(=O)NO)ncc32)cc1. The fourth-order valence-corrected chi connectivity index (χ4v) is 3.17. The Hall–Kier alpha value is -3.18. The number of fused-ring (bicyclic) bond motifs is 3. The highest BCUT2D eigenvalue weighted by Crippen LogP contribution is 2.29. The summed E-state index contributed by atoms with van der Waals surface area (Å²) in [6.07, 6.45) is 1.69. The quantitative estimate of drug-likeness (QED) is 0.445. The molecule has 2 aromatic carbocycles. The summed E-state index contributed by atoms with van der Waals surface area (Å²) in [5.41, 5.74) is 6.29. The van der Waals surface area contributed by atoms with E-state index >= 15 is 0 Å². The molecular weight excluding hydrogens is 314 g/mol. The van der Waals surface area contributed by atoms with Crippen LogP contribution in [0.5, 0.6) is 0 Å². The molecule has 5 nitrogen and oxygen atoms in total. The van der Waals surface area contributed by atoms with E-state index in [1.165, 1.54) is 11.1 Å². The minimum atomic E-state index is -0.614. The van der Waals surface area contributed by atoms with Gasteiger partial charge < -0.3 is 4.57 Å². The largest absolute Gasteiger partial charge is 0.335 e. The molecule has 0 bridgehead atoms. The molecule has 0 atom stereocenters. The summed E-state index contributed by atoms with van der Waals surface area (Å²) in [4.78, 5) is 15.9. The molecule has 0 aliphatic carbocycles. The van der Waals surface area contributed by atoms with E-state index in [0.29, 0.717) is 0 Å². The molecule has 2 aromatic heterocycles. The predicted molar refractivity (Wildman–Crippen MR) is 96.8 cm³/mol. The second-order valence-corrected chi connectivity index (χ2v) is 6.12. The minimum absolute atomic E-state index is 0.188. The minimum Gasteiger partial charge on any atom is -0.335 e. The number of hydrogen-bond acceptors (Lipinski definition) is 3. The average molecular weight is 331 g/mol. The Kier molecular flexibility index (Phi) is 3.71. The van der Waals surface area contributed by atoms with Crippen molar-refractivity contribution in [2.24, 2.45) is 0 Å². The fraction of sp³-hybridized carbons (Fsp3) is 0.100.